The van der Waals surface area contributed by atoms with Gasteiger partial charge in [0.05, 0.1) is 7.11 Å². The fraction of sp³-hybridized carbons (Fsp3) is 0.0476. The van der Waals surface area contributed by atoms with Crippen LogP contribution in [0.2, 0.25) is 0 Å². The van der Waals surface area contributed by atoms with Crippen LogP contribution < -0.4 is 4.74 Å². The summed E-state index contributed by atoms with van der Waals surface area (Å²) in [7, 11) is 1.60. The van der Waals surface area contributed by atoms with E-state index in [1.54, 1.807) is 25.3 Å². The van der Waals surface area contributed by atoms with Gasteiger partial charge in [0.1, 0.15) is 5.75 Å². The first-order chi connectivity index (χ1) is 12.2. The summed E-state index contributed by atoms with van der Waals surface area (Å²) >= 11 is 0. The van der Waals surface area contributed by atoms with Crippen molar-refractivity contribution in [3.05, 3.63) is 83.6 Å². The Labute approximate surface area is 145 Å². The number of esters is 1. The predicted octanol–water partition coefficient (Wildman–Crippen LogP) is 4.19. The molecular weight excluding hydrogens is 314 g/mol. The molecular formula is C21H15NO3. The maximum absolute atomic E-state index is 12.2. The number of carbonyl (C=O) groups is 1. The molecule has 25 heavy (non-hydrogen) atoms. The van der Waals surface area contributed by atoms with E-state index in [1.807, 2.05) is 54.6 Å². The molecule has 1 heterocycles. The topological polar surface area (TPSA) is 47.9 Å². The monoisotopic (exact) mass is 329 g/mol. The Morgan fingerprint density at radius 1 is 0.960 bits per heavy atom. The number of ether oxygens (including phenoxy) is 2. The fourth-order valence-corrected chi connectivity index (χ4v) is 2.79. The Hall–Kier alpha value is -3.40. The van der Waals surface area contributed by atoms with Crippen LogP contribution in [0, 0.1) is 0 Å². The fourth-order valence-electron chi connectivity index (χ4n) is 2.79. The van der Waals surface area contributed by atoms with E-state index in [4.69, 9.17) is 9.47 Å². The lowest BCUT2D eigenvalue weighted by atomic mass is 10.0. The number of cyclic esters (lactones) is 1. The Balaban J connectivity index is 1.73. The maximum Gasteiger partial charge on any atom is 0.363 e. The van der Waals surface area contributed by atoms with Gasteiger partial charge in [0.25, 0.3) is 0 Å². The number of fused-ring (bicyclic) bond motifs is 1. The number of aliphatic imine (C=N–C) groups is 1. The molecule has 4 heteroatoms. The minimum Gasteiger partial charge on any atom is -0.497 e. The molecule has 0 amide bonds. The van der Waals surface area contributed by atoms with Crippen LogP contribution in [-0.4, -0.2) is 19.0 Å². The van der Waals surface area contributed by atoms with Gasteiger partial charge in [0.15, 0.2) is 5.70 Å². The second kappa shape index (κ2) is 6.24. The number of carbonyl (C=O) groups excluding carboxylic acids is 1. The molecule has 122 valence electrons. The van der Waals surface area contributed by atoms with Gasteiger partial charge in [-0.3, -0.25) is 0 Å². The van der Waals surface area contributed by atoms with Crippen molar-refractivity contribution in [1.29, 1.82) is 0 Å². The number of methoxy groups -OCH3 is 1. The summed E-state index contributed by atoms with van der Waals surface area (Å²) in [5.74, 6) is 0.595. The van der Waals surface area contributed by atoms with Crippen molar-refractivity contribution in [2.75, 3.05) is 7.11 Å². The van der Waals surface area contributed by atoms with Crippen LogP contribution in [0.15, 0.2) is 77.4 Å². The summed E-state index contributed by atoms with van der Waals surface area (Å²) < 4.78 is 10.5. The molecule has 0 spiro atoms. The zero-order chi connectivity index (χ0) is 17.2. The smallest absolute Gasteiger partial charge is 0.363 e. The zero-order valence-corrected chi connectivity index (χ0v) is 13.6. The van der Waals surface area contributed by atoms with Crippen LogP contribution in [-0.2, 0) is 9.53 Å². The molecule has 4 rings (SSSR count). The highest BCUT2D eigenvalue weighted by molar-refractivity contribution is 6.13. The highest BCUT2D eigenvalue weighted by atomic mass is 16.6. The third-order valence-corrected chi connectivity index (χ3v) is 4.07. The first-order valence-electron chi connectivity index (χ1n) is 7.89. The van der Waals surface area contributed by atoms with Crippen LogP contribution in [0.4, 0.5) is 0 Å². The Bertz CT molecular complexity index is 1010. The van der Waals surface area contributed by atoms with Gasteiger partial charge in [-0.15, -0.1) is 0 Å². The third-order valence-electron chi connectivity index (χ3n) is 4.07. The lowest BCUT2D eigenvalue weighted by molar-refractivity contribution is -0.129. The van der Waals surface area contributed by atoms with E-state index < -0.39 is 5.97 Å². The first kappa shape index (κ1) is 15.1. The van der Waals surface area contributed by atoms with Gasteiger partial charge in [0, 0.05) is 5.56 Å². The highest BCUT2D eigenvalue weighted by Crippen LogP contribution is 2.24. The molecule has 1 aliphatic rings. The highest BCUT2D eigenvalue weighted by Gasteiger charge is 2.24. The number of nitrogens with zero attached hydrogens (tertiary/aromatic N) is 1. The van der Waals surface area contributed by atoms with Crippen molar-refractivity contribution in [1.82, 2.24) is 0 Å². The summed E-state index contributed by atoms with van der Waals surface area (Å²) in [6, 6.07) is 21.2. The van der Waals surface area contributed by atoms with Crippen molar-refractivity contribution in [3.63, 3.8) is 0 Å². The number of hydrogen-bond acceptors (Lipinski definition) is 4. The number of rotatable bonds is 3. The van der Waals surface area contributed by atoms with Crippen molar-refractivity contribution in [3.8, 4) is 5.75 Å². The standard InChI is InChI=1S/C21H15NO3/c1-24-17-11-9-15(10-12-17)20-22-19(21(23)25-20)13-16-7-4-6-14-5-2-3-8-18(14)16/h2-13H,1H3/b19-13+. The first-order valence-corrected chi connectivity index (χ1v) is 7.89. The summed E-state index contributed by atoms with van der Waals surface area (Å²) in [4.78, 5) is 16.6. The van der Waals surface area contributed by atoms with Gasteiger partial charge in [-0.25, -0.2) is 9.79 Å². The second-order valence-electron chi connectivity index (χ2n) is 5.63. The molecule has 4 nitrogen and oxygen atoms in total. The van der Waals surface area contributed by atoms with Gasteiger partial charge < -0.3 is 9.47 Å². The number of hydrogen-bond donors (Lipinski definition) is 0. The van der Waals surface area contributed by atoms with E-state index in [2.05, 4.69) is 4.99 Å². The second-order valence-corrected chi connectivity index (χ2v) is 5.63. The van der Waals surface area contributed by atoms with E-state index in [0.717, 1.165) is 27.6 Å². The molecule has 0 N–H and O–H groups in total. The van der Waals surface area contributed by atoms with Crippen LogP contribution in [0.25, 0.3) is 16.8 Å². The van der Waals surface area contributed by atoms with Gasteiger partial charge in [-0.2, -0.15) is 0 Å². The zero-order valence-electron chi connectivity index (χ0n) is 13.6. The average Bonchev–Trinajstić information content (AvgIpc) is 3.03. The minimum atomic E-state index is -0.446. The number of benzene rings is 3. The Kier molecular flexibility index (Phi) is 3.78. The Morgan fingerprint density at radius 2 is 1.72 bits per heavy atom. The summed E-state index contributed by atoms with van der Waals surface area (Å²) in [6.45, 7) is 0. The molecule has 1 aliphatic heterocycles. The Morgan fingerprint density at radius 3 is 2.52 bits per heavy atom. The van der Waals surface area contributed by atoms with Gasteiger partial charge in [-0.05, 0) is 46.7 Å². The van der Waals surface area contributed by atoms with Crippen molar-refractivity contribution < 1.29 is 14.3 Å². The molecule has 0 fully saturated rings. The summed E-state index contributed by atoms with van der Waals surface area (Å²) in [5, 5.41) is 2.18. The molecule has 3 aromatic carbocycles. The molecule has 0 unspecified atom stereocenters. The normalized spacial score (nSPS) is 15.3. The lowest BCUT2D eigenvalue weighted by Crippen LogP contribution is -2.05. The summed E-state index contributed by atoms with van der Waals surface area (Å²) in [5.41, 5.74) is 1.96. The molecule has 0 saturated carbocycles. The van der Waals surface area contributed by atoms with Gasteiger partial charge >= 0.3 is 5.97 Å². The van der Waals surface area contributed by atoms with Crippen molar-refractivity contribution in [2.24, 2.45) is 4.99 Å². The lowest BCUT2D eigenvalue weighted by Gasteiger charge is -2.01. The van der Waals surface area contributed by atoms with E-state index in [1.165, 1.54) is 0 Å². The molecule has 0 bridgehead atoms. The largest absolute Gasteiger partial charge is 0.497 e. The van der Waals surface area contributed by atoms with Crippen molar-refractivity contribution >= 4 is 28.7 Å². The molecule has 0 aromatic heterocycles. The quantitative estimate of drug-likeness (QED) is 0.535. The molecule has 0 saturated heterocycles. The average molecular weight is 329 g/mol. The van der Waals surface area contributed by atoms with Gasteiger partial charge in [-0.1, -0.05) is 42.5 Å². The molecule has 3 aromatic rings. The molecule has 0 atom stereocenters. The van der Waals surface area contributed by atoms with Crippen molar-refractivity contribution in [2.45, 2.75) is 0 Å². The van der Waals surface area contributed by atoms with E-state index in [9.17, 15) is 4.79 Å². The maximum atomic E-state index is 12.2. The van der Waals surface area contributed by atoms with E-state index >= 15 is 0 Å². The van der Waals surface area contributed by atoms with Gasteiger partial charge in [0.2, 0.25) is 5.90 Å². The van der Waals surface area contributed by atoms with Crippen LogP contribution in [0.5, 0.6) is 5.75 Å². The van der Waals surface area contributed by atoms with Crippen LogP contribution in [0.1, 0.15) is 11.1 Å². The van der Waals surface area contributed by atoms with Crippen LogP contribution in [0.3, 0.4) is 0 Å². The summed E-state index contributed by atoms with van der Waals surface area (Å²) in [6.07, 6.45) is 1.77. The van der Waals surface area contributed by atoms with E-state index in [0.29, 0.717) is 11.6 Å². The SMILES string of the molecule is COc1ccc(C2=N/C(=C/c3cccc4ccccc34)C(=O)O2)cc1. The van der Waals surface area contributed by atoms with E-state index in [-0.39, 0.29) is 0 Å². The van der Waals surface area contributed by atoms with Crippen LogP contribution >= 0.6 is 0 Å². The molecule has 0 radical (unpaired) electrons. The minimum absolute atomic E-state index is 0.294. The predicted molar refractivity (Wildman–Crippen MR) is 97.5 cm³/mol. The molecule has 0 aliphatic carbocycles. The third kappa shape index (κ3) is 2.90.